The van der Waals surface area contributed by atoms with Crippen LogP contribution in [0.1, 0.15) is 18.1 Å². The number of fused-ring (bicyclic) bond motifs is 1. The van der Waals surface area contributed by atoms with Gasteiger partial charge in [-0.3, -0.25) is 4.90 Å². The summed E-state index contributed by atoms with van der Waals surface area (Å²) >= 11 is 0. The summed E-state index contributed by atoms with van der Waals surface area (Å²) in [7, 11) is 1.97. The zero-order valence-corrected chi connectivity index (χ0v) is 10.8. The number of aliphatic hydroxyl groups is 1. The van der Waals surface area contributed by atoms with E-state index in [0.717, 1.165) is 16.9 Å². The molecule has 0 radical (unpaired) electrons. The Morgan fingerprint density at radius 3 is 3.00 bits per heavy atom. The van der Waals surface area contributed by atoms with Gasteiger partial charge in [0.1, 0.15) is 5.75 Å². The Bertz CT molecular complexity index is 423. The highest BCUT2D eigenvalue weighted by atomic mass is 16.7. The van der Waals surface area contributed by atoms with Gasteiger partial charge < -0.3 is 20.3 Å². The van der Waals surface area contributed by atoms with Crippen molar-refractivity contribution in [2.24, 2.45) is 0 Å². The first-order chi connectivity index (χ1) is 8.61. The molecule has 0 saturated carbocycles. The lowest BCUT2D eigenvalue weighted by Crippen LogP contribution is -2.31. The van der Waals surface area contributed by atoms with Crippen LogP contribution < -0.4 is 10.5 Å². The first-order valence-corrected chi connectivity index (χ1v) is 6.04. The SMILES string of the molecule is CC(CO)N(C)Cc1cc(N)cc2c1OCOC2. The number of hydrogen-bond donors (Lipinski definition) is 2. The van der Waals surface area contributed by atoms with Crippen LogP contribution in [0.3, 0.4) is 0 Å². The molecule has 0 fully saturated rings. The fraction of sp³-hybridized carbons (Fsp3) is 0.538. The summed E-state index contributed by atoms with van der Waals surface area (Å²) in [5, 5.41) is 9.16. The van der Waals surface area contributed by atoms with E-state index in [4.69, 9.17) is 20.3 Å². The molecule has 1 aromatic carbocycles. The Hall–Kier alpha value is -1.30. The summed E-state index contributed by atoms with van der Waals surface area (Å²) in [5.41, 5.74) is 8.62. The van der Waals surface area contributed by atoms with Crippen molar-refractivity contribution in [1.82, 2.24) is 4.90 Å². The van der Waals surface area contributed by atoms with Gasteiger partial charge in [0, 0.05) is 29.4 Å². The molecule has 5 heteroatoms. The van der Waals surface area contributed by atoms with E-state index in [1.165, 1.54) is 0 Å². The van der Waals surface area contributed by atoms with Gasteiger partial charge in [-0.2, -0.15) is 0 Å². The van der Waals surface area contributed by atoms with Gasteiger partial charge in [0.25, 0.3) is 0 Å². The maximum absolute atomic E-state index is 9.16. The molecule has 0 spiro atoms. The van der Waals surface area contributed by atoms with Gasteiger partial charge >= 0.3 is 0 Å². The molecule has 1 aliphatic rings. The van der Waals surface area contributed by atoms with Crippen molar-refractivity contribution in [1.29, 1.82) is 0 Å². The molecule has 0 aromatic heterocycles. The van der Waals surface area contributed by atoms with E-state index in [2.05, 4.69) is 4.90 Å². The highest BCUT2D eigenvalue weighted by Gasteiger charge is 2.18. The van der Waals surface area contributed by atoms with Crippen molar-refractivity contribution in [3.63, 3.8) is 0 Å². The molecular weight excluding hydrogens is 232 g/mol. The van der Waals surface area contributed by atoms with Crippen LogP contribution in [0.2, 0.25) is 0 Å². The largest absolute Gasteiger partial charge is 0.467 e. The molecule has 1 unspecified atom stereocenters. The van der Waals surface area contributed by atoms with E-state index >= 15 is 0 Å². The van der Waals surface area contributed by atoms with Crippen molar-refractivity contribution in [2.45, 2.75) is 26.1 Å². The molecule has 0 saturated heterocycles. The van der Waals surface area contributed by atoms with Crippen molar-refractivity contribution in [3.8, 4) is 5.75 Å². The van der Waals surface area contributed by atoms with Gasteiger partial charge in [-0.1, -0.05) is 0 Å². The van der Waals surface area contributed by atoms with Gasteiger partial charge in [-0.25, -0.2) is 0 Å². The topological polar surface area (TPSA) is 68.0 Å². The standard InChI is InChI=1S/C13H20N2O3/c1-9(6-16)15(2)5-10-3-12(14)4-11-7-17-8-18-13(10)11/h3-4,9,16H,5-8,14H2,1-2H3. The molecule has 3 N–H and O–H groups in total. The maximum Gasteiger partial charge on any atom is 0.189 e. The van der Waals surface area contributed by atoms with Crippen molar-refractivity contribution >= 4 is 5.69 Å². The summed E-state index contributed by atoms with van der Waals surface area (Å²) in [6.07, 6.45) is 0. The summed E-state index contributed by atoms with van der Waals surface area (Å²) in [4.78, 5) is 2.06. The second-order valence-corrected chi connectivity index (χ2v) is 4.73. The molecule has 5 nitrogen and oxygen atoms in total. The smallest absolute Gasteiger partial charge is 0.189 e. The molecule has 0 amide bonds. The number of rotatable bonds is 4. The number of aliphatic hydroxyl groups excluding tert-OH is 1. The molecule has 2 rings (SSSR count). The Morgan fingerprint density at radius 1 is 1.50 bits per heavy atom. The molecule has 1 atom stereocenters. The molecule has 0 aliphatic carbocycles. The van der Waals surface area contributed by atoms with E-state index < -0.39 is 0 Å². The fourth-order valence-electron chi connectivity index (χ4n) is 2.01. The van der Waals surface area contributed by atoms with Crippen LogP contribution in [-0.2, 0) is 17.9 Å². The van der Waals surface area contributed by atoms with E-state index in [1.54, 1.807) is 0 Å². The molecule has 100 valence electrons. The zero-order chi connectivity index (χ0) is 13.1. The quantitative estimate of drug-likeness (QED) is 0.781. The van der Waals surface area contributed by atoms with E-state index in [1.807, 2.05) is 26.1 Å². The number of nitrogens with two attached hydrogens (primary N) is 1. The number of hydrogen-bond acceptors (Lipinski definition) is 5. The van der Waals surface area contributed by atoms with Gasteiger partial charge in [-0.15, -0.1) is 0 Å². The van der Waals surface area contributed by atoms with Gasteiger partial charge in [0.15, 0.2) is 6.79 Å². The van der Waals surface area contributed by atoms with Gasteiger partial charge in [-0.05, 0) is 26.1 Å². The van der Waals surface area contributed by atoms with Crippen LogP contribution in [0, 0.1) is 0 Å². The Labute approximate surface area is 107 Å². The number of anilines is 1. The fourth-order valence-corrected chi connectivity index (χ4v) is 2.01. The lowest BCUT2D eigenvalue weighted by atomic mass is 10.1. The minimum Gasteiger partial charge on any atom is -0.467 e. The first kappa shape index (κ1) is 13.1. The van der Waals surface area contributed by atoms with Gasteiger partial charge in [0.05, 0.1) is 13.2 Å². The predicted octanol–water partition coefficient (Wildman–Crippen LogP) is 0.948. The van der Waals surface area contributed by atoms with Crippen LogP contribution >= 0.6 is 0 Å². The van der Waals surface area contributed by atoms with Crippen LogP contribution in [0.15, 0.2) is 12.1 Å². The van der Waals surface area contributed by atoms with Crippen LogP contribution in [0.25, 0.3) is 0 Å². The minimum absolute atomic E-state index is 0.0990. The summed E-state index contributed by atoms with van der Waals surface area (Å²) < 4.78 is 10.8. The monoisotopic (exact) mass is 252 g/mol. The zero-order valence-electron chi connectivity index (χ0n) is 10.8. The van der Waals surface area contributed by atoms with Crippen LogP contribution in [0.4, 0.5) is 5.69 Å². The molecule has 0 bridgehead atoms. The number of nitrogens with zero attached hydrogens (tertiary/aromatic N) is 1. The number of ether oxygens (including phenoxy) is 2. The average Bonchev–Trinajstić information content (AvgIpc) is 2.37. The highest BCUT2D eigenvalue weighted by molar-refractivity contribution is 5.53. The second kappa shape index (κ2) is 5.56. The van der Waals surface area contributed by atoms with Gasteiger partial charge in [0.2, 0.25) is 0 Å². The van der Waals surface area contributed by atoms with Crippen molar-refractivity contribution in [3.05, 3.63) is 23.3 Å². The lowest BCUT2D eigenvalue weighted by molar-refractivity contribution is -0.0175. The molecule has 18 heavy (non-hydrogen) atoms. The van der Waals surface area contributed by atoms with Crippen molar-refractivity contribution in [2.75, 3.05) is 26.2 Å². The third kappa shape index (κ3) is 2.75. The Balaban J connectivity index is 2.24. The first-order valence-electron chi connectivity index (χ1n) is 6.04. The molecule has 1 aliphatic heterocycles. The Morgan fingerprint density at radius 2 is 2.28 bits per heavy atom. The van der Waals surface area contributed by atoms with Crippen LogP contribution in [-0.4, -0.2) is 36.5 Å². The third-order valence-electron chi connectivity index (χ3n) is 3.25. The van der Waals surface area contributed by atoms with E-state index in [-0.39, 0.29) is 19.4 Å². The lowest BCUT2D eigenvalue weighted by Gasteiger charge is -2.26. The normalized spacial score (nSPS) is 16.2. The summed E-state index contributed by atoms with van der Waals surface area (Å²) in [6, 6.07) is 3.90. The average molecular weight is 252 g/mol. The predicted molar refractivity (Wildman–Crippen MR) is 69.2 cm³/mol. The number of nitrogen functional groups attached to an aromatic ring is 1. The number of benzene rings is 1. The van der Waals surface area contributed by atoms with E-state index in [9.17, 15) is 0 Å². The second-order valence-electron chi connectivity index (χ2n) is 4.73. The van der Waals surface area contributed by atoms with Crippen LogP contribution in [0.5, 0.6) is 5.75 Å². The van der Waals surface area contributed by atoms with E-state index in [0.29, 0.717) is 18.8 Å². The molecule has 1 aromatic rings. The maximum atomic E-state index is 9.16. The Kier molecular flexibility index (Phi) is 4.06. The molecular formula is C13H20N2O3. The molecule has 1 heterocycles. The number of likely N-dealkylation sites (N-methyl/N-ethyl adjacent to an activating group) is 1. The summed E-state index contributed by atoms with van der Waals surface area (Å²) in [6.45, 7) is 3.61. The highest BCUT2D eigenvalue weighted by Crippen LogP contribution is 2.31. The summed E-state index contributed by atoms with van der Waals surface area (Å²) in [5.74, 6) is 0.868. The third-order valence-corrected chi connectivity index (χ3v) is 3.25. The van der Waals surface area contributed by atoms with Crippen molar-refractivity contribution < 1.29 is 14.6 Å². The minimum atomic E-state index is 0.0990.